The van der Waals surface area contributed by atoms with Crippen LogP contribution < -0.4 is 0 Å². The molecule has 0 bridgehead atoms. The Bertz CT molecular complexity index is 3340. The first-order valence-electron chi connectivity index (χ1n) is 20.8. The van der Waals surface area contributed by atoms with Crippen LogP contribution in [0.3, 0.4) is 0 Å². The van der Waals surface area contributed by atoms with Crippen molar-refractivity contribution in [2.75, 3.05) is 0 Å². The maximum absolute atomic E-state index is 9.49. The highest BCUT2D eigenvalue weighted by molar-refractivity contribution is 6.26. The molecule has 1 nitrogen and oxygen atoms in total. The topological polar surface area (TPSA) is 13.1 Å². The summed E-state index contributed by atoms with van der Waals surface area (Å²) in [6.07, 6.45) is 0. The van der Waals surface area contributed by atoms with Crippen LogP contribution in [0.25, 0.3) is 87.3 Å². The van der Waals surface area contributed by atoms with Gasteiger partial charge in [-0.05, 0) is 84.0 Å². The molecule has 8 aromatic carbocycles. The van der Waals surface area contributed by atoms with Gasteiger partial charge in [-0.15, -0.1) is 0 Å². The summed E-state index contributed by atoms with van der Waals surface area (Å²) in [5.74, 6) is 0. The lowest BCUT2D eigenvalue weighted by Crippen LogP contribution is -1.89. The van der Waals surface area contributed by atoms with Crippen LogP contribution in [0.5, 0.6) is 0 Å². The van der Waals surface area contributed by atoms with E-state index in [1.807, 2.05) is 30.3 Å². The van der Waals surface area contributed by atoms with E-state index in [4.69, 9.17) is 22.2 Å². The van der Waals surface area contributed by atoms with Gasteiger partial charge in [0.05, 0.1) is 21.9 Å². The predicted molar refractivity (Wildman–Crippen MR) is 175 cm³/mol. The zero-order valence-electron chi connectivity index (χ0n) is 37.0. The predicted octanol–water partition coefficient (Wildman–Crippen LogP) is 11.5. The molecule has 0 aliphatic carbocycles. The molecule has 0 atom stereocenters. The largest absolute Gasteiger partial charge is 0.455 e. The van der Waals surface area contributed by atoms with Crippen LogP contribution in [-0.4, -0.2) is 0 Å². The fraction of sp³-hybridized carbons (Fsp3) is 0. The van der Waals surface area contributed by atoms with Gasteiger partial charge in [0.25, 0.3) is 0 Å². The number of fused-ring (bicyclic) bond motifs is 8. The molecular weight excluding hydrogens is 496 g/mol. The van der Waals surface area contributed by atoms with Crippen LogP contribution in [0.15, 0.2) is 150 Å². The second-order valence-electron chi connectivity index (χ2n) is 9.66. The van der Waals surface area contributed by atoms with E-state index in [1.54, 1.807) is 6.07 Å². The van der Waals surface area contributed by atoms with Crippen LogP contribution in [0.4, 0.5) is 0 Å². The van der Waals surface area contributed by atoms with E-state index in [2.05, 4.69) is 0 Å². The van der Waals surface area contributed by atoms with Gasteiger partial charge in [0.2, 0.25) is 0 Å². The first-order valence-corrected chi connectivity index (χ1v) is 12.8. The molecule has 0 amide bonds. The molecule has 1 heterocycles. The minimum Gasteiger partial charge on any atom is -0.455 e. The Morgan fingerprint density at radius 1 is 0.488 bits per heavy atom. The van der Waals surface area contributed by atoms with Crippen LogP contribution in [-0.2, 0) is 0 Å². The second kappa shape index (κ2) is 8.55. The third-order valence-electron chi connectivity index (χ3n) is 7.46. The van der Waals surface area contributed by atoms with Gasteiger partial charge in [-0.25, -0.2) is 0 Å². The average Bonchev–Trinajstić information content (AvgIpc) is 3.58. The molecule has 0 saturated carbocycles. The Kier molecular flexibility index (Phi) is 2.50. The van der Waals surface area contributed by atoms with E-state index < -0.39 is 96.7 Å². The van der Waals surface area contributed by atoms with E-state index in [0.717, 1.165) is 10.8 Å². The van der Waals surface area contributed by atoms with E-state index in [0.29, 0.717) is 11.0 Å². The number of rotatable bonds is 2. The smallest absolute Gasteiger partial charge is 0.143 e. The fourth-order valence-corrected chi connectivity index (χ4v) is 5.69. The summed E-state index contributed by atoms with van der Waals surface area (Å²) >= 11 is 0. The third kappa shape index (κ3) is 3.30. The number of furan rings is 1. The van der Waals surface area contributed by atoms with Gasteiger partial charge in [-0.1, -0.05) is 121 Å². The summed E-state index contributed by atoms with van der Waals surface area (Å²) in [5.41, 5.74) is 0.395. The summed E-state index contributed by atoms with van der Waals surface area (Å²) in [7, 11) is 0. The van der Waals surface area contributed by atoms with Crippen molar-refractivity contribution in [1.29, 1.82) is 0 Å². The Labute approximate surface area is 259 Å². The third-order valence-corrected chi connectivity index (χ3v) is 7.46. The Hall–Kier alpha value is -5.40. The van der Waals surface area contributed by atoms with Crippen LogP contribution in [0, 0.1) is 0 Å². The summed E-state index contributed by atoms with van der Waals surface area (Å²) in [6, 6.07) is 4.42. The molecule has 1 heteroatoms. The van der Waals surface area contributed by atoms with Gasteiger partial charge >= 0.3 is 0 Å². The molecule has 0 unspecified atom stereocenters. The Morgan fingerprint density at radius 3 is 2.05 bits per heavy atom. The van der Waals surface area contributed by atoms with Crippen LogP contribution in [0.1, 0.15) is 21.9 Å². The van der Waals surface area contributed by atoms with Gasteiger partial charge in [-0.2, -0.15) is 0 Å². The molecule has 0 saturated heterocycles. The SMILES string of the molecule is [2H]c1c([2H])c([2H])c(-c2ccc(-c3c4c([2H])c([2H])c([2H])c([2H])c4c([2H])c4c3c([2H])c([2H])c3c([2H])c([2H])c([2H])c([2H])c34)c3c2oc2cc4ccccc4cc23)c([2H])c1[2H]. The van der Waals surface area contributed by atoms with Gasteiger partial charge in [-0.3, -0.25) is 0 Å². The lowest BCUT2D eigenvalue weighted by atomic mass is 9.87. The van der Waals surface area contributed by atoms with Crippen molar-refractivity contribution in [3.05, 3.63) is 145 Å². The molecule has 41 heavy (non-hydrogen) atoms. The highest BCUT2D eigenvalue weighted by Crippen LogP contribution is 2.47. The average molecular weight is 537 g/mol. The maximum atomic E-state index is 9.49. The first kappa shape index (κ1) is 12.0. The molecule has 0 radical (unpaired) electrons. The van der Waals surface area contributed by atoms with Gasteiger partial charge in [0.15, 0.2) is 0 Å². The van der Waals surface area contributed by atoms with Crippen molar-refractivity contribution in [3.8, 4) is 22.3 Å². The van der Waals surface area contributed by atoms with Crippen molar-refractivity contribution in [2.24, 2.45) is 0 Å². The van der Waals surface area contributed by atoms with Crippen molar-refractivity contribution in [1.82, 2.24) is 0 Å². The highest BCUT2D eigenvalue weighted by Gasteiger charge is 2.21. The minimum atomic E-state index is -0.667. The van der Waals surface area contributed by atoms with Crippen LogP contribution >= 0.6 is 0 Å². The number of benzene rings is 8. The van der Waals surface area contributed by atoms with E-state index in [-0.39, 0.29) is 65.5 Å². The van der Waals surface area contributed by atoms with Gasteiger partial charge in [0, 0.05) is 16.3 Å². The Morgan fingerprint density at radius 2 is 1.20 bits per heavy atom. The molecule has 190 valence electrons. The maximum Gasteiger partial charge on any atom is 0.143 e. The van der Waals surface area contributed by atoms with E-state index in [9.17, 15) is 4.11 Å². The molecule has 0 aliphatic rings. The molecule has 0 fully saturated rings. The minimum absolute atomic E-state index is 0.0359. The molecule has 9 aromatic rings. The van der Waals surface area contributed by atoms with Crippen molar-refractivity contribution < 1.29 is 26.3 Å². The van der Waals surface area contributed by atoms with Crippen molar-refractivity contribution in [3.63, 3.8) is 0 Å². The lowest BCUT2D eigenvalue weighted by molar-refractivity contribution is 0.670. The van der Waals surface area contributed by atoms with Gasteiger partial charge in [0.1, 0.15) is 11.2 Å². The fourth-order valence-electron chi connectivity index (χ4n) is 5.69. The Balaban J connectivity index is 1.62. The van der Waals surface area contributed by atoms with Crippen LogP contribution in [0.2, 0.25) is 0 Å². The standard InChI is InChI=1S/C40H24O/c1-2-10-25(11-3-1)32-20-21-34(39-36-22-27-13-4-5-14-28(27)24-37(36)41-40(32)39)38-31-17-9-7-15-29(31)23-35-30-16-8-6-12-26(30)18-19-33(35)38/h1-24H/i1D,2D,3D,6D,7D,8D,9D,10D,11D,12D,15D,16D,17D,18D,19D,23D. The molecule has 0 spiro atoms. The number of hydrogen-bond donors (Lipinski definition) is 0. The molecule has 0 N–H and O–H groups in total. The summed E-state index contributed by atoms with van der Waals surface area (Å²) < 4.78 is 147. The van der Waals surface area contributed by atoms with Crippen molar-refractivity contribution in [2.45, 2.75) is 0 Å². The zero-order valence-corrected chi connectivity index (χ0v) is 21.0. The lowest BCUT2D eigenvalue weighted by Gasteiger charge is -2.16. The summed E-state index contributed by atoms with van der Waals surface area (Å²) in [4.78, 5) is 0. The summed E-state index contributed by atoms with van der Waals surface area (Å²) in [5, 5.41) is 0.743. The molecule has 0 aliphatic heterocycles. The normalized spacial score (nSPS) is 17.4. The number of hydrogen-bond acceptors (Lipinski definition) is 1. The second-order valence-corrected chi connectivity index (χ2v) is 9.66. The zero-order chi connectivity index (χ0) is 40.8. The van der Waals surface area contributed by atoms with Crippen molar-refractivity contribution >= 4 is 65.0 Å². The molecule has 9 rings (SSSR count). The van der Waals surface area contributed by atoms with E-state index in [1.165, 1.54) is 12.1 Å². The van der Waals surface area contributed by atoms with Gasteiger partial charge < -0.3 is 4.42 Å². The molecule has 1 aromatic heterocycles. The monoisotopic (exact) mass is 536 g/mol. The summed E-state index contributed by atoms with van der Waals surface area (Å²) in [6.45, 7) is 0. The highest BCUT2D eigenvalue weighted by atomic mass is 16.3. The first-order chi connectivity index (χ1) is 27.0. The quantitative estimate of drug-likeness (QED) is 0.158. The van der Waals surface area contributed by atoms with E-state index >= 15 is 0 Å². The molecular formula is C40H24O.